The first-order chi connectivity index (χ1) is 12.7. The number of hydrogen-bond acceptors (Lipinski definition) is 4. The maximum absolute atomic E-state index is 13.5. The minimum atomic E-state index is 0.00518. The second-order valence-electron chi connectivity index (χ2n) is 10.0. The SMILES string of the molecule is O=C(N1CCC(c2nnc(C3CC3)o2)CC1)C12CC3CC(CC(C3)C1)C2. The highest BCUT2D eigenvalue weighted by molar-refractivity contribution is 5.83. The fraction of sp³-hybridized carbons (Fsp3) is 0.857. The van der Waals surface area contributed by atoms with Crippen molar-refractivity contribution in [3.05, 3.63) is 11.8 Å². The molecule has 26 heavy (non-hydrogen) atoms. The van der Waals surface area contributed by atoms with Crippen molar-refractivity contribution in [2.75, 3.05) is 13.1 Å². The summed E-state index contributed by atoms with van der Waals surface area (Å²) < 4.78 is 5.92. The molecule has 1 aromatic rings. The topological polar surface area (TPSA) is 59.2 Å². The van der Waals surface area contributed by atoms with Crippen molar-refractivity contribution >= 4 is 5.91 Å². The number of rotatable bonds is 3. The van der Waals surface area contributed by atoms with E-state index in [-0.39, 0.29) is 5.41 Å². The highest BCUT2D eigenvalue weighted by Gasteiger charge is 2.55. The number of carbonyl (C=O) groups excluding carboxylic acids is 1. The summed E-state index contributed by atoms with van der Waals surface area (Å²) in [6.45, 7) is 1.73. The lowest BCUT2D eigenvalue weighted by molar-refractivity contribution is -0.158. The van der Waals surface area contributed by atoms with E-state index < -0.39 is 0 Å². The highest BCUT2D eigenvalue weighted by atomic mass is 16.4. The van der Waals surface area contributed by atoms with Crippen LogP contribution in [-0.4, -0.2) is 34.1 Å². The van der Waals surface area contributed by atoms with Gasteiger partial charge in [-0.15, -0.1) is 10.2 Å². The van der Waals surface area contributed by atoms with Crippen LogP contribution in [-0.2, 0) is 4.79 Å². The van der Waals surface area contributed by atoms with Gasteiger partial charge in [0.15, 0.2) is 0 Å². The van der Waals surface area contributed by atoms with Crippen LogP contribution in [0.3, 0.4) is 0 Å². The molecule has 2 heterocycles. The number of nitrogens with zero attached hydrogens (tertiary/aromatic N) is 3. The molecule has 5 aliphatic carbocycles. The summed E-state index contributed by atoms with van der Waals surface area (Å²) in [6.07, 6.45) is 12.1. The molecule has 6 fully saturated rings. The summed E-state index contributed by atoms with van der Waals surface area (Å²) in [5.74, 6) is 5.51. The Morgan fingerprint density at radius 3 is 1.85 bits per heavy atom. The number of piperidine rings is 1. The average molecular weight is 355 g/mol. The van der Waals surface area contributed by atoms with E-state index in [0.29, 0.717) is 17.7 Å². The summed E-state index contributed by atoms with van der Waals surface area (Å²) in [4.78, 5) is 15.7. The minimum Gasteiger partial charge on any atom is -0.425 e. The van der Waals surface area contributed by atoms with Gasteiger partial charge in [-0.3, -0.25) is 4.79 Å². The molecule has 6 aliphatic rings. The largest absolute Gasteiger partial charge is 0.425 e. The first-order valence-corrected chi connectivity index (χ1v) is 10.8. The van der Waals surface area contributed by atoms with E-state index in [1.165, 1.54) is 51.4 Å². The van der Waals surface area contributed by atoms with Gasteiger partial charge in [0.05, 0.1) is 5.41 Å². The molecule has 140 valence electrons. The van der Waals surface area contributed by atoms with E-state index in [1.807, 2.05) is 0 Å². The molecule has 7 rings (SSSR count). The Balaban J connectivity index is 1.13. The number of amides is 1. The van der Waals surface area contributed by atoms with Crippen LogP contribution in [0, 0.1) is 23.2 Å². The highest BCUT2D eigenvalue weighted by Crippen LogP contribution is 2.60. The molecule has 0 aromatic carbocycles. The number of hydrogen-bond donors (Lipinski definition) is 0. The quantitative estimate of drug-likeness (QED) is 0.826. The average Bonchev–Trinajstić information content (AvgIpc) is 3.37. The molecule has 5 heteroatoms. The molecular weight excluding hydrogens is 326 g/mol. The lowest BCUT2D eigenvalue weighted by Crippen LogP contribution is -2.55. The molecule has 1 saturated heterocycles. The molecule has 0 atom stereocenters. The third-order valence-electron chi connectivity index (χ3n) is 8.01. The van der Waals surface area contributed by atoms with E-state index in [0.717, 1.165) is 55.5 Å². The van der Waals surface area contributed by atoms with Crippen molar-refractivity contribution in [2.24, 2.45) is 23.2 Å². The molecule has 4 bridgehead atoms. The normalized spacial score (nSPS) is 39.5. The molecule has 1 amide bonds. The van der Waals surface area contributed by atoms with Crippen LogP contribution in [0.5, 0.6) is 0 Å². The molecule has 1 aromatic heterocycles. The number of carbonyl (C=O) groups is 1. The van der Waals surface area contributed by atoms with Crippen molar-refractivity contribution in [1.29, 1.82) is 0 Å². The van der Waals surface area contributed by atoms with Gasteiger partial charge in [-0.2, -0.15) is 0 Å². The number of likely N-dealkylation sites (tertiary alicyclic amines) is 1. The third-order valence-corrected chi connectivity index (χ3v) is 8.01. The maximum atomic E-state index is 13.5. The summed E-state index contributed by atoms with van der Waals surface area (Å²) in [5, 5.41) is 8.54. The monoisotopic (exact) mass is 355 g/mol. The van der Waals surface area contributed by atoms with E-state index in [1.54, 1.807) is 0 Å². The summed E-state index contributed by atoms with van der Waals surface area (Å²) in [7, 11) is 0. The standard InChI is InChI=1S/C21H29N3O2/c25-20(21-10-13-7-14(11-21)9-15(8-13)12-21)24-5-3-17(4-6-24)19-23-22-18(26-19)16-1-2-16/h13-17H,1-12H2. The second-order valence-corrected chi connectivity index (χ2v) is 10.0. The fourth-order valence-electron chi connectivity index (χ4n) is 6.94. The summed E-state index contributed by atoms with van der Waals surface area (Å²) in [5.41, 5.74) is 0.00518. The van der Waals surface area contributed by atoms with E-state index in [4.69, 9.17) is 4.42 Å². The molecule has 5 nitrogen and oxygen atoms in total. The van der Waals surface area contributed by atoms with E-state index in [2.05, 4.69) is 15.1 Å². The Morgan fingerprint density at radius 2 is 1.35 bits per heavy atom. The summed E-state index contributed by atoms with van der Waals surface area (Å²) in [6, 6.07) is 0. The number of aromatic nitrogens is 2. The third kappa shape index (κ3) is 2.45. The zero-order valence-corrected chi connectivity index (χ0v) is 15.5. The second kappa shape index (κ2) is 5.56. The van der Waals surface area contributed by atoms with Crippen molar-refractivity contribution in [1.82, 2.24) is 15.1 Å². The van der Waals surface area contributed by atoms with E-state index >= 15 is 0 Å². The van der Waals surface area contributed by atoms with Crippen molar-refractivity contribution < 1.29 is 9.21 Å². The molecule has 0 radical (unpaired) electrons. The van der Waals surface area contributed by atoms with E-state index in [9.17, 15) is 4.79 Å². The first-order valence-electron chi connectivity index (χ1n) is 10.8. The van der Waals surface area contributed by atoms with Crippen LogP contribution in [0.4, 0.5) is 0 Å². The fourth-order valence-corrected chi connectivity index (χ4v) is 6.94. The minimum absolute atomic E-state index is 0.00518. The van der Waals surface area contributed by atoms with Gasteiger partial charge in [0, 0.05) is 24.9 Å². The Morgan fingerprint density at radius 1 is 0.846 bits per heavy atom. The lowest BCUT2D eigenvalue weighted by Gasteiger charge is -2.57. The van der Waals surface area contributed by atoms with Crippen molar-refractivity contribution in [3.63, 3.8) is 0 Å². The van der Waals surface area contributed by atoms with Gasteiger partial charge in [-0.05, 0) is 82.0 Å². The van der Waals surface area contributed by atoms with Gasteiger partial charge in [0.1, 0.15) is 0 Å². The van der Waals surface area contributed by atoms with Crippen LogP contribution >= 0.6 is 0 Å². The predicted octanol–water partition coefficient (Wildman–Crippen LogP) is 3.87. The molecule has 1 aliphatic heterocycles. The van der Waals surface area contributed by atoms with Crippen LogP contribution < -0.4 is 0 Å². The molecular formula is C21H29N3O2. The smallest absolute Gasteiger partial charge is 0.228 e. The Kier molecular flexibility index (Phi) is 3.34. The van der Waals surface area contributed by atoms with Gasteiger partial charge in [0.2, 0.25) is 17.7 Å². The maximum Gasteiger partial charge on any atom is 0.228 e. The Bertz CT molecular complexity index is 679. The summed E-state index contributed by atoms with van der Waals surface area (Å²) >= 11 is 0. The lowest BCUT2D eigenvalue weighted by atomic mass is 9.49. The zero-order valence-electron chi connectivity index (χ0n) is 15.5. The first kappa shape index (κ1) is 15.6. The van der Waals surface area contributed by atoms with Crippen molar-refractivity contribution in [3.8, 4) is 0 Å². The van der Waals surface area contributed by atoms with Crippen molar-refractivity contribution in [2.45, 2.75) is 76.0 Å². The van der Waals surface area contributed by atoms with Gasteiger partial charge >= 0.3 is 0 Å². The van der Waals surface area contributed by atoms with Crippen LogP contribution in [0.1, 0.15) is 87.8 Å². The zero-order chi connectivity index (χ0) is 17.3. The molecule has 0 spiro atoms. The van der Waals surface area contributed by atoms with Crippen LogP contribution in [0.15, 0.2) is 4.42 Å². The van der Waals surface area contributed by atoms with Gasteiger partial charge in [0.25, 0.3) is 0 Å². The Hall–Kier alpha value is -1.39. The molecule has 5 saturated carbocycles. The van der Waals surface area contributed by atoms with Crippen LogP contribution in [0.25, 0.3) is 0 Å². The molecule has 0 unspecified atom stereocenters. The van der Waals surface area contributed by atoms with Crippen LogP contribution in [0.2, 0.25) is 0 Å². The van der Waals surface area contributed by atoms with Gasteiger partial charge < -0.3 is 9.32 Å². The van der Waals surface area contributed by atoms with Gasteiger partial charge in [-0.25, -0.2) is 0 Å². The predicted molar refractivity (Wildman–Crippen MR) is 95.4 cm³/mol. The molecule has 0 N–H and O–H groups in total. The Labute approximate surface area is 154 Å². The van der Waals surface area contributed by atoms with Gasteiger partial charge in [-0.1, -0.05) is 0 Å².